The van der Waals surface area contributed by atoms with Crippen LogP contribution in [0.1, 0.15) is 60.3 Å². The number of benzene rings is 2. The van der Waals surface area contributed by atoms with Crippen molar-refractivity contribution in [3.8, 4) is 5.75 Å². The van der Waals surface area contributed by atoms with Crippen molar-refractivity contribution >= 4 is 22.4 Å². The number of fused-ring (bicyclic) bond motifs is 1. The van der Waals surface area contributed by atoms with Gasteiger partial charge >= 0.3 is 0 Å². The summed E-state index contributed by atoms with van der Waals surface area (Å²) in [4.78, 5) is 13.1. The lowest BCUT2D eigenvalue weighted by atomic mass is 9.92. The first kappa shape index (κ1) is 22.2. The van der Waals surface area contributed by atoms with Crippen LogP contribution < -0.4 is 10.1 Å². The molecule has 0 saturated carbocycles. The van der Waals surface area contributed by atoms with E-state index in [4.69, 9.17) is 9.47 Å². The Balaban J connectivity index is 2.29. The first-order chi connectivity index (χ1) is 13.4. The molecule has 0 fully saturated rings. The molecule has 0 aliphatic rings. The van der Waals surface area contributed by atoms with E-state index in [1.807, 2.05) is 43.3 Å². The maximum Gasteiger partial charge on any atom is 0.256 e. The third-order valence-electron chi connectivity index (χ3n) is 4.79. The number of anilines is 1. The quantitative estimate of drug-likeness (QED) is 0.469. The van der Waals surface area contributed by atoms with Gasteiger partial charge in [-0.1, -0.05) is 58.4 Å². The van der Waals surface area contributed by atoms with Crippen LogP contribution >= 0.6 is 0 Å². The number of unbranched alkanes of at least 4 members (excludes halogenated alkanes) is 1. The van der Waals surface area contributed by atoms with Crippen LogP contribution in [0.5, 0.6) is 5.75 Å². The van der Waals surface area contributed by atoms with Gasteiger partial charge in [0.1, 0.15) is 11.4 Å². The number of rotatable bonds is 11. The SMILES string of the molecule is CCCCOc1ccc(NC(=O)[C@@](C)(CC(C)C)OCCC)c2ccccc12. The fourth-order valence-corrected chi connectivity index (χ4v) is 3.41. The van der Waals surface area contributed by atoms with Crippen LogP contribution in [0.15, 0.2) is 36.4 Å². The topological polar surface area (TPSA) is 47.6 Å². The molecule has 0 aliphatic carbocycles. The fraction of sp³-hybridized carbons (Fsp3) is 0.542. The molecule has 0 aromatic heterocycles. The third-order valence-corrected chi connectivity index (χ3v) is 4.79. The van der Waals surface area contributed by atoms with Crippen molar-refractivity contribution in [2.45, 2.75) is 65.9 Å². The highest BCUT2D eigenvalue weighted by Gasteiger charge is 2.35. The molecule has 0 heterocycles. The Morgan fingerprint density at radius 2 is 1.75 bits per heavy atom. The van der Waals surface area contributed by atoms with Gasteiger partial charge in [0.05, 0.1) is 6.61 Å². The smallest absolute Gasteiger partial charge is 0.256 e. The molecular formula is C24H35NO3. The zero-order valence-corrected chi connectivity index (χ0v) is 18.0. The number of amides is 1. The summed E-state index contributed by atoms with van der Waals surface area (Å²) in [7, 11) is 0. The van der Waals surface area contributed by atoms with E-state index in [0.29, 0.717) is 25.6 Å². The minimum absolute atomic E-state index is 0.0977. The largest absolute Gasteiger partial charge is 0.493 e. The van der Waals surface area contributed by atoms with Gasteiger partial charge in [-0.05, 0) is 44.2 Å². The summed E-state index contributed by atoms with van der Waals surface area (Å²) in [5.41, 5.74) is -0.0554. The molecule has 2 rings (SSSR count). The Kier molecular flexibility index (Phi) is 8.31. The van der Waals surface area contributed by atoms with E-state index in [1.165, 1.54) is 0 Å². The molecule has 0 unspecified atom stereocenters. The molecule has 0 radical (unpaired) electrons. The van der Waals surface area contributed by atoms with Gasteiger partial charge in [-0.25, -0.2) is 0 Å². The molecule has 154 valence electrons. The first-order valence-corrected chi connectivity index (χ1v) is 10.5. The summed E-state index contributed by atoms with van der Waals surface area (Å²) < 4.78 is 11.9. The lowest BCUT2D eigenvalue weighted by Gasteiger charge is -2.30. The number of hydrogen-bond acceptors (Lipinski definition) is 3. The van der Waals surface area contributed by atoms with Crippen LogP contribution in [-0.2, 0) is 9.53 Å². The predicted molar refractivity (Wildman–Crippen MR) is 117 cm³/mol. The first-order valence-electron chi connectivity index (χ1n) is 10.5. The average molecular weight is 386 g/mol. The number of ether oxygens (including phenoxy) is 2. The molecule has 1 atom stereocenters. The highest BCUT2D eigenvalue weighted by molar-refractivity contribution is 6.06. The Morgan fingerprint density at radius 1 is 1.04 bits per heavy atom. The highest BCUT2D eigenvalue weighted by Crippen LogP contribution is 2.33. The van der Waals surface area contributed by atoms with E-state index >= 15 is 0 Å². The van der Waals surface area contributed by atoms with Gasteiger partial charge in [0.15, 0.2) is 0 Å². The molecule has 2 aromatic carbocycles. The van der Waals surface area contributed by atoms with Crippen LogP contribution in [0.2, 0.25) is 0 Å². The predicted octanol–water partition coefficient (Wildman–Crippen LogP) is 6.19. The van der Waals surface area contributed by atoms with Crippen LogP contribution in [-0.4, -0.2) is 24.7 Å². The Morgan fingerprint density at radius 3 is 2.39 bits per heavy atom. The van der Waals surface area contributed by atoms with E-state index in [2.05, 4.69) is 33.0 Å². The van der Waals surface area contributed by atoms with Gasteiger partial charge in [-0.15, -0.1) is 0 Å². The molecule has 4 heteroatoms. The van der Waals surface area contributed by atoms with Crippen molar-refractivity contribution in [1.29, 1.82) is 0 Å². The van der Waals surface area contributed by atoms with E-state index in [1.54, 1.807) is 0 Å². The fourth-order valence-electron chi connectivity index (χ4n) is 3.41. The Bertz CT molecular complexity index is 772. The van der Waals surface area contributed by atoms with Crippen LogP contribution in [0.25, 0.3) is 10.8 Å². The third kappa shape index (κ3) is 5.71. The molecule has 0 aliphatic heterocycles. The normalized spacial score (nSPS) is 13.5. The lowest BCUT2D eigenvalue weighted by molar-refractivity contribution is -0.141. The van der Waals surface area contributed by atoms with Gasteiger partial charge in [-0.3, -0.25) is 4.79 Å². The summed E-state index contributed by atoms with van der Waals surface area (Å²) in [5, 5.41) is 5.10. The van der Waals surface area contributed by atoms with Crippen LogP contribution in [0.3, 0.4) is 0 Å². The number of carbonyl (C=O) groups is 1. The lowest BCUT2D eigenvalue weighted by Crippen LogP contribution is -2.44. The summed E-state index contributed by atoms with van der Waals surface area (Å²) in [5.74, 6) is 1.12. The van der Waals surface area contributed by atoms with E-state index < -0.39 is 5.60 Å². The van der Waals surface area contributed by atoms with Crippen molar-refractivity contribution in [3.05, 3.63) is 36.4 Å². The van der Waals surface area contributed by atoms with Crippen molar-refractivity contribution in [2.24, 2.45) is 5.92 Å². The number of carbonyl (C=O) groups excluding carboxylic acids is 1. The van der Waals surface area contributed by atoms with Crippen LogP contribution in [0, 0.1) is 5.92 Å². The molecule has 4 nitrogen and oxygen atoms in total. The van der Waals surface area contributed by atoms with Crippen molar-refractivity contribution in [2.75, 3.05) is 18.5 Å². The van der Waals surface area contributed by atoms with E-state index in [0.717, 1.165) is 41.5 Å². The maximum atomic E-state index is 13.1. The molecule has 0 saturated heterocycles. The molecule has 0 spiro atoms. The van der Waals surface area contributed by atoms with E-state index in [-0.39, 0.29) is 5.91 Å². The van der Waals surface area contributed by atoms with E-state index in [9.17, 15) is 4.79 Å². The summed E-state index contributed by atoms with van der Waals surface area (Å²) in [6.07, 6.45) is 3.68. The second-order valence-electron chi connectivity index (χ2n) is 7.99. The van der Waals surface area contributed by atoms with Gasteiger partial charge in [0.25, 0.3) is 5.91 Å². The Labute approximate surface area is 169 Å². The van der Waals surface area contributed by atoms with Crippen molar-refractivity contribution < 1.29 is 14.3 Å². The number of hydrogen-bond donors (Lipinski definition) is 1. The molecule has 0 bridgehead atoms. The van der Waals surface area contributed by atoms with Gasteiger partial charge in [0, 0.05) is 23.1 Å². The highest BCUT2D eigenvalue weighted by atomic mass is 16.5. The molecule has 2 aromatic rings. The minimum atomic E-state index is -0.846. The summed E-state index contributed by atoms with van der Waals surface area (Å²) in [6, 6.07) is 11.9. The number of nitrogens with one attached hydrogen (secondary N) is 1. The second-order valence-corrected chi connectivity index (χ2v) is 7.99. The molecule has 1 amide bonds. The Hall–Kier alpha value is -2.07. The minimum Gasteiger partial charge on any atom is -0.493 e. The van der Waals surface area contributed by atoms with Crippen molar-refractivity contribution in [1.82, 2.24) is 0 Å². The molecule has 28 heavy (non-hydrogen) atoms. The molecular weight excluding hydrogens is 350 g/mol. The summed E-state index contributed by atoms with van der Waals surface area (Å²) >= 11 is 0. The van der Waals surface area contributed by atoms with Crippen LogP contribution in [0.4, 0.5) is 5.69 Å². The van der Waals surface area contributed by atoms with Gasteiger partial charge < -0.3 is 14.8 Å². The summed E-state index contributed by atoms with van der Waals surface area (Å²) in [6.45, 7) is 11.6. The standard InChI is InChI=1S/C24H35NO3/c1-6-8-16-27-22-14-13-21(19-11-9-10-12-20(19)22)25-23(26)24(5,17-18(3)4)28-15-7-2/h9-14,18H,6-8,15-17H2,1-5H3,(H,25,26)/t24-/m1/s1. The maximum absolute atomic E-state index is 13.1. The second kappa shape index (κ2) is 10.5. The monoisotopic (exact) mass is 385 g/mol. The zero-order chi connectivity index (χ0) is 20.6. The van der Waals surface area contributed by atoms with Gasteiger partial charge in [-0.2, -0.15) is 0 Å². The molecule has 1 N–H and O–H groups in total. The van der Waals surface area contributed by atoms with Gasteiger partial charge in [0.2, 0.25) is 0 Å². The van der Waals surface area contributed by atoms with Crippen molar-refractivity contribution in [3.63, 3.8) is 0 Å². The average Bonchev–Trinajstić information content (AvgIpc) is 2.67. The zero-order valence-electron chi connectivity index (χ0n) is 18.0.